The van der Waals surface area contributed by atoms with E-state index in [4.69, 9.17) is 11.6 Å². The van der Waals surface area contributed by atoms with E-state index in [0.717, 1.165) is 25.0 Å². The van der Waals surface area contributed by atoms with Crippen LogP contribution >= 0.6 is 23.4 Å². The van der Waals surface area contributed by atoms with Crippen LogP contribution in [0.4, 0.5) is 0 Å². The van der Waals surface area contributed by atoms with Crippen LogP contribution in [0.25, 0.3) is 0 Å². The molecule has 0 aromatic heterocycles. The minimum Gasteiger partial charge on any atom is -0.301 e. The zero-order chi connectivity index (χ0) is 17.3. The van der Waals surface area contributed by atoms with E-state index in [9.17, 15) is 10.1 Å². The first-order valence-electron chi connectivity index (χ1n) is 9.34. The monoisotopic (exact) mass is 368 g/mol. The van der Waals surface area contributed by atoms with Gasteiger partial charge in [-0.05, 0) is 42.8 Å². The average molecular weight is 369 g/mol. The van der Waals surface area contributed by atoms with E-state index in [0.29, 0.717) is 23.5 Å². The third-order valence-corrected chi connectivity index (χ3v) is 8.07. The number of piperidine rings is 1. The molecule has 2 saturated carbocycles. The molecule has 6 unspecified atom stereocenters. The molecule has 3 fully saturated rings. The Morgan fingerprint density at radius 1 is 1.38 bits per heavy atom. The summed E-state index contributed by atoms with van der Waals surface area (Å²) in [4.78, 5) is 12.5. The molecule has 1 saturated heterocycles. The third kappa shape index (κ3) is 4.11. The van der Waals surface area contributed by atoms with E-state index in [1.807, 2.05) is 11.8 Å². The zero-order valence-corrected chi connectivity index (χ0v) is 16.3. The fraction of sp³-hybridized carbons (Fsp3) is 0.895. The van der Waals surface area contributed by atoms with Crippen LogP contribution < -0.4 is 5.32 Å². The maximum absolute atomic E-state index is 12.5. The molecule has 0 radical (unpaired) electrons. The van der Waals surface area contributed by atoms with Gasteiger partial charge in [0.2, 0.25) is 0 Å². The van der Waals surface area contributed by atoms with Crippen LogP contribution in [0.1, 0.15) is 58.8 Å². The van der Waals surface area contributed by atoms with Crippen LogP contribution in [0.2, 0.25) is 0 Å². The number of alkyl halides is 1. The van der Waals surface area contributed by atoms with Crippen molar-refractivity contribution < 1.29 is 4.79 Å². The lowest BCUT2D eigenvalue weighted by atomic mass is 9.66. The summed E-state index contributed by atoms with van der Waals surface area (Å²) in [7, 11) is 0. The summed E-state index contributed by atoms with van der Waals surface area (Å²) in [5.41, 5.74) is 0.0740. The van der Waals surface area contributed by atoms with Crippen molar-refractivity contribution in [2.24, 2.45) is 23.2 Å². The van der Waals surface area contributed by atoms with Gasteiger partial charge in [0.1, 0.15) is 5.78 Å². The number of hydrogen-bond acceptors (Lipinski definition) is 4. The van der Waals surface area contributed by atoms with Crippen molar-refractivity contribution in [1.29, 1.82) is 5.26 Å². The number of hydrogen-bond donors (Lipinski definition) is 1. The van der Waals surface area contributed by atoms with Crippen LogP contribution in [-0.4, -0.2) is 28.3 Å². The number of nitriles is 1. The van der Waals surface area contributed by atoms with Gasteiger partial charge in [0, 0.05) is 23.8 Å². The molecule has 3 nitrogen and oxygen atoms in total. The average Bonchev–Trinajstić information content (AvgIpc) is 2.52. The first-order valence-corrected chi connectivity index (χ1v) is 10.8. The van der Waals surface area contributed by atoms with Crippen molar-refractivity contribution in [2.45, 2.75) is 75.6 Å². The lowest BCUT2D eigenvalue weighted by Crippen LogP contribution is -2.57. The molecule has 5 heteroatoms. The molecule has 6 atom stereocenters. The number of fused-ring (bicyclic) bond motifs is 1. The Morgan fingerprint density at radius 3 is 2.83 bits per heavy atom. The Labute approximate surface area is 155 Å². The van der Waals surface area contributed by atoms with Gasteiger partial charge in [-0.1, -0.05) is 26.7 Å². The predicted octanol–water partition coefficient (Wildman–Crippen LogP) is 4.35. The van der Waals surface area contributed by atoms with Gasteiger partial charge < -0.3 is 5.32 Å². The van der Waals surface area contributed by atoms with E-state index in [-0.39, 0.29) is 28.7 Å². The molecule has 0 bridgehead atoms. The van der Waals surface area contributed by atoms with Crippen LogP contribution in [-0.2, 0) is 4.79 Å². The van der Waals surface area contributed by atoms with Crippen molar-refractivity contribution in [1.82, 2.24) is 5.32 Å². The largest absolute Gasteiger partial charge is 0.301 e. The smallest absolute Gasteiger partial charge is 0.138 e. The SMILES string of the molecule is CC1(C)CC(=O)C2CC(C#N)C(SCC3CCCCC3Cl)NC2C1. The maximum Gasteiger partial charge on any atom is 0.138 e. The molecular formula is C19H29ClN2OS. The number of nitrogens with one attached hydrogen (secondary N) is 1. The molecule has 3 rings (SSSR count). The quantitative estimate of drug-likeness (QED) is 0.752. The molecule has 1 N–H and O–H groups in total. The van der Waals surface area contributed by atoms with Crippen molar-refractivity contribution >= 4 is 29.1 Å². The summed E-state index contributed by atoms with van der Waals surface area (Å²) in [5, 5.41) is 13.7. The number of ketones is 1. The van der Waals surface area contributed by atoms with Crippen molar-refractivity contribution in [3.63, 3.8) is 0 Å². The van der Waals surface area contributed by atoms with Gasteiger partial charge in [-0.2, -0.15) is 5.26 Å². The highest BCUT2D eigenvalue weighted by Gasteiger charge is 2.46. The standard InChI is InChI=1S/C19H29ClN2OS/c1-19(2)8-16-14(17(23)9-19)7-13(10-21)18(22-16)24-11-12-5-3-4-6-15(12)20/h12-16,18,22H,3-9,11H2,1-2H3. The molecule has 134 valence electrons. The Bertz CT molecular complexity index is 518. The van der Waals surface area contributed by atoms with E-state index in [1.165, 1.54) is 19.3 Å². The fourth-order valence-electron chi connectivity index (χ4n) is 4.69. The van der Waals surface area contributed by atoms with Crippen molar-refractivity contribution in [2.75, 3.05) is 5.75 Å². The van der Waals surface area contributed by atoms with Gasteiger partial charge in [0.05, 0.1) is 17.4 Å². The zero-order valence-electron chi connectivity index (χ0n) is 14.8. The molecule has 0 aromatic rings. The Kier molecular flexibility index (Phi) is 5.84. The van der Waals surface area contributed by atoms with Gasteiger partial charge >= 0.3 is 0 Å². The highest BCUT2D eigenvalue weighted by Crippen LogP contribution is 2.43. The number of carbonyl (C=O) groups excluding carboxylic acids is 1. The number of rotatable bonds is 3. The van der Waals surface area contributed by atoms with E-state index < -0.39 is 0 Å². The summed E-state index contributed by atoms with van der Waals surface area (Å²) in [6, 6.07) is 2.70. The van der Waals surface area contributed by atoms with E-state index in [1.54, 1.807) is 0 Å². The van der Waals surface area contributed by atoms with Gasteiger partial charge in [-0.15, -0.1) is 23.4 Å². The molecule has 3 aliphatic rings. The van der Waals surface area contributed by atoms with Gasteiger partial charge in [-0.25, -0.2) is 0 Å². The summed E-state index contributed by atoms with van der Waals surface area (Å²) < 4.78 is 0. The second-order valence-corrected chi connectivity index (χ2v) is 10.4. The number of halogens is 1. The molecule has 1 aliphatic heterocycles. The number of thioether (sulfide) groups is 1. The second-order valence-electron chi connectivity index (χ2n) is 8.68. The lowest BCUT2D eigenvalue weighted by molar-refractivity contribution is -0.130. The molecule has 1 heterocycles. The number of Topliss-reactive ketones (excluding diaryl/α,β-unsaturated/α-hetero) is 1. The maximum atomic E-state index is 12.5. The molecule has 24 heavy (non-hydrogen) atoms. The first kappa shape index (κ1) is 18.5. The molecule has 0 amide bonds. The minimum absolute atomic E-state index is 0.0370. The highest BCUT2D eigenvalue weighted by molar-refractivity contribution is 7.99. The third-order valence-electron chi connectivity index (χ3n) is 6.05. The van der Waals surface area contributed by atoms with Gasteiger partial charge in [0.15, 0.2) is 0 Å². The van der Waals surface area contributed by atoms with Crippen molar-refractivity contribution in [3.8, 4) is 6.07 Å². The second kappa shape index (κ2) is 7.56. The molecular weight excluding hydrogens is 340 g/mol. The molecule has 2 aliphatic carbocycles. The Hall–Kier alpha value is -0.240. The van der Waals surface area contributed by atoms with Gasteiger partial charge in [-0.3, -0.25) is 4.79 Å². The Morgan fingerprint density at radius 2 is 2.12 bits per heavy atom. The Balaban J connectivity index is 1.62. The number of nitrogens with zero attached hydrogens (tertiary/aromatic N) is 1. The van der Waals surface area contributed by atoms with Crippen LogP contribution in [0, 0.1) is 34.5 Å². The molecule has 0 aromatic carbocycles. The predicted molar refractivity (Wildman–Crippen MR) is 100 cm³/mol. The first-order chi connectivity index (χ1) is 11.4. The topological polar surface area (TPSA) is 52.9 Å². The normalized spacial score (nSPS) is 42.2. The summed E-state index contributed by atoms with van der Waals surface area (Å²) in [6.45, 7) is 4.36. The molecule has 0 spiro atoms. The summed E-state index contributed by atoms with van der Waals surface area (Å²) in [5.74, 6) is 1.90. The van der Waals surface area contributed by atoms with E-state index in [2.05, 4.69) is 25.2 Å². The van der Waals surface area contributed by atoms with Crippen LogP contribution in [0.15, 0.2) is 0 Å². The fourth-order valence-corrected chi connectivity index (χ4v) is 6.70. The van der Waals surface area contributed by atoms with E-state index >= 15 is 0 Å². The summed E-state index contributed by atoms with van der Waals surface area (Å²) >= 11 is 8.36. The number of carbonyl (C=O) groups is 1. The van der Waals surface area contributed by atoms with Crippen LogP contribution in [0.5, 0.6) is 0 Å². The van der Waals surface area contributed by atoms with Crippen LogP contribution in [0.3, 0.4) is 0 Å². The van der Waals surface area contributed by atoms with Gasteiger partial charge in [0.25, 0.3) is 0 Å². The minimum atomic E-state index is -0.0706. The summed E-state index contributed by atoms with van der Waals surface area (Å²) in [6.07, 6.45) is 7.28. The lowest BCUT2D eigenvalue weighted by Gasteiger charge is -2.46. The highest BCUT2D eigenvalue weighted by atomic mass is 35.5. The van der Waals surface area contributed by atoms with Crippen molar-refractivity contribution in [3.05, 3.63) is 0 Å².